The molecule has 2 aliphatic heterocycles. The smallest absolute Gasteiger partial charge is 0.322 e. The van der Waals surface area contributed by atoms with Crippen molar-refractivity contribution in [2.45, 2.75) is 31.8 Å². The number of nitrogens with one attached hydrogen (secondary N) is 1. The van der Waals surface area contributed by atoms with Gasteiger partial charge in [-0.1, -0.05) is 18.2 Å². The minimum atomic E-state index is -3.38. The van der Waals surface area contributed by atoms with E-state index >= 15 is 0 Å². The predicted molar refractivity (Wildman–Crippen MR) is 116 cm³/mol. The van der Waals surface area contributed by atoms with Gasteiger partial charge in [-0.05, 0) is 59.7 Å². The number of carbonyl (C=O) groups excluding carboxylic acids is 1. The molecule has 0 aromatic heterocycles. The third kappa shape index (κ3) is 4.89. The molecule has 2 aromatic carbocycles. The van der Waals surface area contributed by atoms with Gasteiger partial charge in [0.05, 0.1) is 12.4 Å². The average Bonchev–Trinajstić information content (AvgIpc) is 3.18. The average molecular weight is 448 g/mol. The van der Waals surface area contributed by atoms with Crippen LogP contribution >= 0.6 is 0 Å². The molecule has 1 fully saturated rings. The molecule has 7 nitrogen and oxygen atoms in total. The number of hydrogen-bond acceptors (Lipinski definition) is 4. The number of rotatable bonds is 5. The molecular weight excluding hydrogens is 421 g/mol. The fourth-order valence-corrected chi connectivity index (χ4v) is 5.52. The minimum absolute atomic E-state index is 0.230. The molecule has 4 rings (SSSR count). The molecule has 2 aromatic rings. The number of sulfonamides is 1. The van der Waals surface area contributed by atoms with Gasteiger partial charge in [-0.3, -0.25) is 0 Å². The third-order valence-corrected chi connectivity index (χ3v) is 7.86. The topological polar surface area (TPSA) is 90.0 Å². The summed E-state index contributed by atoms with van der Waals surface area (Å²) in [5.41, 5.74) is 3.58. The molecule has 0 unspecified atom stereocenters. The van der Waals surface area contributed by atoms with Gasteiger partial charge in [0, 0.05) is 31.9 Å². The van der Waals surface area contributed by atoms with Gasteiger partial charge in [-0.25, -0.2) is 21.9 Å². The van der Waals surface area contributed by atoms with E-state index in [4.69, 9.17) is 5.11 Å². The first-order valence-electron chi connectivity index (χ1n) is 10.4. The number of fused-ring (bicyclic) bond motifs is 1. The van der Waals surface area contributed by atoms with E-state index in [2.05, 4.69) is 5.32 Å². The highest BCUT2D eigenvalue weighted by Crippen LogP contribution is 2.30. The maximum atomic E-state index is 13.4. The van der Waals surface area contributed by atoms with E-state index in [1.165, 1.54) is 16.4 Å². The molecule has 0 aliphatic carbocycles. The molecule has 0 atom stereocenters. The molecule has 0 bridgehead atoms. The second kappa shape index (κ2) is 8.94. The number of benzene rings is 2. The largest absolute Gasteiger partial charge is 0.395 e. The Labute approximate surface area is 181 Å². The summed E-state index contributed by atoms with van der Waals surface area (Å²) in [5.74, 6) is -0.273. The van der Waals surface area contributed by atoms with Crippen molar-refractivity contribution in [1.82, 2.24) is 9.21 Å². The Kier molecular flexibility index (Phi) is 6.27. The van der Waals surface area contributed by atoms with Crippen molar-refractivity contribution in [1.29, 1.82) is 0 Å². The number of nitrogens with zero attached hydrogens (tertiary/aromatic N) is 2. The van der Waals surface area contributed by atoms with Crippen LogP contribution < -0.4 is 5.32 Å². The second-order valence-corrected chi connectivity index (χ2v) is 10.1. The number of anilines is 1. The molecule has 1 saturated heterocycles. The predicted octanol–water partition coefficient (Wildman–Crippen LogP) is 2.87. The molecule has 2 heterocycles. The Morgan fingerprint density at radius 1 is 1.06 bits per heavy atom. The molecule has 0 saturated carbocycles. The fraction of sp³-hybridized carbons (Fsp3) is 0.409. The Morgan fingerprint density at radius 3 is 2.42 bits per heavy atom. The molecular formula is C22H26FN3O4S. The standard InChI is InChI=1S/C22H26FN3O4S/c23-20-4-1-18-14-25(15-19(18)13-20)22(28)24-21-5-2-16(3-6-21)17-7-9-26(10-8-17)31(29,30)12-11-27/h1-6,13,17,27H,7-12,14-15H2,(H,24,28). The number of halogens is 1. The molecule has 9 heteroatoms. The van der Waals surface area contributed by atoms with Crippen LogP contribution in [0.25, 0.3) is 0 Å². The molecule has 2 N–H and O–H groups in total. The van der Waals surface area contributed by atoms with Gasteiger partial charge >= 0.3 is 6.03 Å². The lowest BCUT2D eigenvalue weighted by molar-refractivity contribution is 0.212. The van der Waals surface area contributed by atoms with Crippen molar-refractivity contribution in [3.63, 3.8) is 0 Å². The van der Waals surface area contributed by atoms with Crippen molar-refractivity contribution in [3.8, 4) is 0 Å². The lowest BCUT2D eigenvalue weighted by Gasteiger charge is -2.31. The molecule has 166 valence electrons. The lowest BCUT2D eigenvalue weighted by Crippen LogP contribution is -2.39. The van der Waals surface area contributed by atoms with E-state index in [0.29, 0.717) is 31.9 Å². The Hall–Kier alpha value is -2.49. The normalized spacial score (nSPS) is 17.5. The van der Waals surface area contributed by atoms with E-state index in [9.17, 15) is 17.6 Å². The van der Waals surface area contributed by atoms with Crippen LogP contribution in [0.3, 0.4) is 0 Å². The second-order valence-electron chi connectivity index (χ2n) is 8.03. The highest BCUT2D eigenvalue weighted by molar-refractivity contribution is 7.89. The maximum Gasteiger partial charge on any atom is 0.322 e. The molecule has 0 spiro atoms. The van der Waals surface area contributed by atoms with Gasteiger partial charge in [0.1, 0.15) is 5.82 Å². The van der Waals surface area contributed by atoms with Gasteiger partial charge < -0.3 is 15.3 Å². The van der Waals surface area contributed by atoms with E-state index in [1.54, 1.807) is 11.0 Å². The zero-order valence-corrected chi connectivity index (χ0v) is 17.9. The van der Waals surface area contributed by atoms with Crippen LogP contribution in [-0.4, -0.2) is 54.2 Å². The summed E-state index contributed by atoms with van der Waals surface area (Å²) in [6.07, 6.45) is 1.44. The number of carbonyl (C=O) groups is 1. The molecule has 2 amide bonds. The third-order valence-electron chi connectivity index (χ3n) is 6.01. The quantitative estimate of drug-likeness (QED) is 0.738. The van der Waals surface area contributed by atoms with Gasteiger partial charge in [0.25, 0.3) is 0 Å². The first kappa shape index (κ1) is 21.7. The highest BCUT2D eigenvalue weighted by atomic mass is 32.2. The number of aliphatic hydroxyl groups excluding tert-OH is 1. The van der Waals surface area contributed by atoms with Crippen LogP contribution in [0.5, 0.6) is 0 Å². The van der Waals surface area contributed by atoms with Crippen molar-refractivity contribution in [2.24, 2.45) is 0 Å². The zero-order chi connectivity index (χ0) is 22.0. The van der Waals surface area contributed by atoms with Crippen LogP contribution in [0.15, 0.2) is 42.5 Å². The number of hydrogen-bond donors (Lipinski definition) is 2. The summed E-state index contributed by atoms with van der Waals surface area (Å²) in [4.78, 5) is 14.2. The Balaban J connectivity index is 1.32. The van der Waals surface area contributed by atoms with Gasteiger partial charge in [0.2, 0.25) is 10.0 Å². The van der Waals surface area contributed by atoms with Crippen molar-refractivity contribution < 1.29 is 22.7 Å². The first-order chi connectivity index (χ1) is 14.9. The van der Waals surface area contributed by atoms with Crippen LogP contribution in [0, 0.1) is 5.82 Å². The molecule has 2 aliphatic rings. The minimum Gasteiger partial charge on any atom is -0.395 e. The molecule has 31 heavy (non-hydrogen) atoms. The lowest BCUT2D eigenvalue weighted by atomic mass is 9.90. The Morgan fingerprint density at radius 2 is 1.74 bits per heavy atom. The maximum absolute atomic E-state index is 13.4. The van der Waals surface area contributed by atoms with Crippen molar-refractivity contribution >= 4 is 21.7 Å². The zero-order valence-electron chi connectivity index (χ0n) is 17.1. The fourth-order valence-electron chi connectivity index (χ4n) is 4.26. The van der Waals surface area contributed by atoms with Crippen molar-refractivity contribution in [3.05, 3.63) is 65.0 Å². The summed E-state index contributed by atoms with van der Waals surface area (Å²) in [6, 6.07) is 12.0. The van der Waals surface area contributed by atoms with Crippen molar-refractivity contribution in [2.75, 3.05) is 30.8 Å². The summed E-state index contributed by atoms with van der Waals surface area (Å²) in [7, 11) is -3.38. The summed E-state index contributed by atoms with van der Waals surface area (Å²) < 4.78 is 39.0. The summed E-state index contributed by atoms with van der Waals surface area (Å²) in [6.45, 7) is 1.37. The van der Waals surface area contributed by atoms with E-state index in [-0.39, 0.29) is 30.1 Å². The van der Waals surface area contributed by atoms with Crippen LogP contribution in [-0.2, 0) is 23.1 Å². The monoisotopic (exact) mass is 447 g/mol. The Bertz CT molecular complexity index is 1050. The summed E-state index contributed by atoms with van der Waals surface area (Å²) >= 11 is 0. The summed E-state index contributed by atoms with van der Waals surface area (Å²) in [5, 5.41) is 11.8. The van der Waals surface area contributed by atoms with E-state index < -0.39 is 10.0 Å². The number of amides is 2. The number of piperidine rings is 1. The van der Waals surface area contributed by atoms with E-state index in [1.807, 2.05) is 24.3 Å². The SMILES string of the molecule is O=C(Nc1ccc(C2CCN(S(=O)(=O)CCO)CC2)cc1)N1Cc2ccc(F)cc2C1. The van der Waals surface area contributed by atoms with Gasteiger partial charge in [-0.15, -0.1) is 0 Å². The first-order valence-corrected chi connectivity index (χ1v) is 12.0. The van der Waals surface area contributed by atoms with Crippen LogP contribution in [0.4, 0.5) is 14.9 Å². The highest BCUT2D eigenvalue weighted by Gasteiger charge is 2.28. The van der Waals surface area contributed by atoms with Crippen LogP contribution in [0.1, 0.15) is 35.4 Å². The van der Waals surface area contributed by atoms with Crippen LogP contribution in [0.2, 0.25) is 0 Å². The number of urea groups is 1. The van der Waals surface area contributed by atoms with E-state index in [0.717, 1.165) is 29.5 Å². The number of aliphatic hydroxyl groups is 1. The van der Waals surface area contributed by atoms with Gasteiger partial charge in [-0.2, -0.15) is 0 Å². The molecule has 0 radical (unpaired) electrons. The van der Waals surface area contributed by atoms with Gasteiger partial charge in [0.15, 0.2) is 0 Å².